The molecular formula is C18H27N5O. The third-order valence-corrected chi connectivity index (χ3v) is 4.65. The zero-order chi connectivity index (χ0) is 16.9. The van der Waals surface area contributed by atoms with Crippen LogP contribution in [0.2, 0.25) is 0 Å². The Morgan fingerprint density at radius 3 is 2.88 bits per heavy atom. The second-order valence-corrected chi connectivity index (χ2v) is 6.69. The molecule has 3 heterocycles. The number of aromatic nitrogens is 4. The molecule has 0 aliphatic carbocycles. The summed E-state index contributed by atoms with van der Waals surface area (Å²) in [4.78, 5) is 11.3. The van der Waals surface area contributed by atoms with Crippen LogP contribution in [0, 0.1) is 6.92 Å². The third kappa shape index (κ3) is 3.99. The second kappa shape index (κ2) is 7.85. The maximum atomic E-state index is 5.73. The molecule has 1 atom stereocenters. The van der Waals surface area contributed by atoms with Gasteiger partial charge < -0.3 is 4.74 Å². The van der Waals surface area contributed by atoms with Crippen molar-refractivity contribution in [1.29, 1.82) is 0 Å². The number of hydrogen-bond acceptors (Lipinski definition) is 5. The quantitative estimate of drug-likeness (QED) is 0.814. The molecule has 1 fully saturated rings. The van der Waals surface area contributed by atoms with Gasteiger partial charge >= 0.3 is 0 Å². The molecule has 0 radical (unpaired) electrons. The van der Waals surface area contributed by atoms with E-state index >= 15 is 0 Å². The van der Waals surface area contributed by atoms with Gasteiger partial charge in [0.1, 0.15) is 0 Å². The molecule has 2 aromatic heterocycles. The first-order valence-electron chi connectivity index (χ1n) is 8.76. The van der Waals surface area contributed by atoms with Crippen LogP contribution in [0.1, 0.15) is 43.4 Å². The van der Waals surface area contributed by atoms with E-state index in [1.165, 1.54) is 5.69 Å². The monoisotopic (exact) mass is 329 g/mol. The van der Waals surface area contributed by atoms with Crippen molar-refractivity contribution in [3.05, 3.63) is 41.7 Å². The van der Waals surface area contributed by atoms with Crippen LogP contribution in [-0.2, 0) is 17.7 Å². The molecule has 1 aliphatic rings. The number of rotatable bonds is 6. The smallest absolute Gasteiger partial charge is 0.0622 e. The standard InChI is InChI=1S/C18H27N5O/c1-14(2)23-16(6-7-21-23)12-22-10-11-24-13-17(22)4-5-18-15(3)19-8-9-20-18/h6-9,14,17H,4-5,10-13H2,1-3H3/t17-/m1/s1. The number of aryl methyl sites for hydroxylation is 2. The van der Waals surface area contributed by atoms with E-state index in [0.717, 1.165) is 50.5 Å². The van der Waals surface area contributed by atoms with Crippen LogP contribution in [0.3, 0.4) is 0 Å². The summed E-state index contributed by atoms with van der Waals surface area (Å²) >= 11 is 0. The summed E-state index contributed by atoms with van der Waals surface area (Å²) in [6.45, 7) is 9.84. The maximum Gasteiger partial charge on any atom is 0.0622 e. The molecule has 2 aromatic rings. The Bertz CT molecular complexity index is 654. The Morgan fingerprint density at radius 2 is 2.08 bits per heavy atom. The lowest BCUT2D eigenvalue weighted by atomic mass is 10.1. The summed E-state index contributed by atoms with van der Waals surface area (Å²) in [7, 11) is 0. The van der Waals surface area contributed by atoms with Crippen LogP contribution in [-0.4, -0.2) is 50.4 Å². The van der Waals surface area contributed by atoms with Crippen LogP contribution in [0.4, 0.5) is 0 Å². The molecule has 1 saturated heterocycles. The van der Waals surface area contributed by atoms with Crippen LogP contribution >= 0.6 is 0 Å². The lowest BCUT2D eigenvalue weighted by molar-refractivity contribution is -0.0156. The van der Waals surface area contributed by atoms with Gasteiger partial charge in [0.05, 0.1) is 30.3 Å². The predicted molar refractivity (Wildman–Crippen MR) is 92.7 cm³/mol. The molecule has 130 valence electrons. The van der Waals surface area contributed by atoms with Gasteiger partial charge in [0.25, 0.3) is 0 Å². The highest BCUT2D eigenvalue weighted by atomic mass is 16.5. The van der Waals surface area contributed by atoms with Crippen molar-refractivity contribution in [2.75, 3.05) is 19.8 Å². The highest BCUT2D eigenvalue weighted by Gasteiger charge is 2.24. The fourth-order valence-corrected chi connectivity index (χ4v) is 3.29. The van der Waals surface area contributed by atoms with Crippen molar-refractivity contribution in [1.82, 2.24) is 24.6 Å². The van der Waals surface area contributed by atoms with Crippen molar-refractivity contribution < 1.29 is 4.74 Å². The van der Waals surface area contributed by atoms with E-state index in [9.17, 15) is 0 Å². The van der Waals surface area contributed by atoms with Gasteiger partial charge in [-0.05, 0) is 39.7 Å². The predicted octanol–water partition coefficient (Wildman–Crippen LogP) is 2.40. The minimum absolute atomic E-state index is 0.386. The zero-order valence-corrected chi connectivity index (χ0v) is 14.9. The van der Waals surface area contributed by atoms with Gasteiger partial charge in [-0.25, -0.2) is 0 Å². The molecule has 3 rings (SSSR count). The molecule has 0 spiro atoms. The molecule has 6 nitrogen and oxygen atoms in total. The molecule has 0 N–H and O–H groups in total. The average molecular weight is 329 g/mol. The molecule has 1 aliphatic heterocycles. The summed E-state index contributed by atoms with van der Waals surface area (Å²) in [5.41, 5.74) is 3.39. The lowest BCUT2D eigenvalue weighted by Gasteiger charge is -2.35. The topological polar surface area (TPSA) is 56.1 Å². The third-order valence-electron chi connectivity index (χ3n) is 4.65. The van der Waals surface area contributed by atoms with E-state index in [2.05, 4.69) is 44.6 Å². The Hall–Kier alpha value is -1.79. The van der Waals surface area contributed by atoms with Crippen LogP contribution < -0.4 is 0 Å². The molecule has 0 bridgehead atoms. The SMILES string of the molecule is Cc1nccnc1CC[C@@H]1COCCN1Cc1ccnn1C(C)C. The first kappa shape index (κ1) is 17.0. The number of hydrogen-bond donors (Lipinski definition) is 0. The van der Waals surface area contributed by atoms with Gasteiger partial charge in [-0.15, -0.1) is 0 Å². The lowest BCUT2D eigenvalue weighted by Crippen LogP contribution is -2.45. The Balaban J connectivity index is 1.65. The van der Waals surface area contributed by atoms with Crippen molar-refractivity contribution in [2.24, 2.45) is 0 Å². The van der Waals surface area contributed by atoms with E-state index in [-0.39, 0.29) is 0 Å². The zero-order valence-electron chi connectivity index (χ0n) is 14.9. The normalized spacial score (nSPS) is 19.1. The summed E-state index contributed by atoms with van der Waals surface area (Å²) in [6.07, 6.45) is 7.40. The minimum Gasteiger partial charge on any atom is -0.378 e. The first-order chi connectivity index (χ1) is 11.6. The molecule has 0 amide bonds. The number of morpholine rings is 1. The van der Waals surface area contributed by atoms with Gasteiger partial charge in [0, 0.05) is 43.8 Å². The van der Waals surface area contributed by atoms with Crippen molar-refractivity contribution in [3.63, 3.8) is 0 Å². The summed E-state index contributed by atoms with van der Waals surface area (Å²) in [5, 5.41) is 4.45. The van der Waals surface area contributed by atoms with Crippen LogP contribution in [0.5, 0.6) is 0 Å². The molecular weight excluding hydrogens is 302 g/mol. The van der Waals surface area contributed by atoms with Crippen molar-refractivity contribution in [3.8, 4) is 0 Å². The Labute approximate surface area is 143 Å². The first-order valence-corrected chi connectivity index (χ1v) is 8.76. The van der Waals surface area contributed by atoms with Gasteiger partial charge in [0.2, 0.25) is 0 Å². The average Bonchev–Trinajstić information content (AvgIpc) is 3.04. The summed E-state index contributed by atoms with van der Waals surface area (Å²) in [6, 6.07) is 2.92. The summed E-state index contributed by atoms with van der Waals surface area (Å²) in [5.74, 6) is 0. The van der Waals surface area contributed by atoms with Crippen molar-refractivity contribution in [2.45, 2.75) is 52.2 Å². The van der Waals surface area contributed by atoms with Gasteiger partial charge in [-0.3, -0.25) is 19.5 Å². The van der Waals surface area contributed by atoms with E-state index in [1.54, 1.807) is 12.4 Å². The molecule has 0 aromatic carbocycles. The number of ether oxygens (including phenoxy) is 1. The van der Waals surface area contributed by atoms with Gasteiger partial charge in [-0.2, -0.15) is 5.10 Å². The number of nitrogens with zero attached hydrogens (tertiary/aromatic N) is 5. The minimum atomic E-state index is 0.386. The highest BCUT2D eigenvalue weighted by molar-refractivity contribution is 5.09. The fraction of sp³-hybridized carbons (Fsp3) is 0.611. The van der Waals surface area contributed by atoms with Crippen LogP contribution in [0.25, 0.3) is 0 Å². The van der Waals surface area contributed by atoms with E-state index in [0.29, 0.717) is 12.1 Å². The molecule has 0 unspecified atom stereocenters. The van der Waals surface area contributed by atoms with Gasteiger partial charge in [-0.1, -0.05) is 0 Å². The van der Waals surface area contributed by atoms with Crippen molar-refractivity contribution >= 4 is 0 Å². The van der Waals surface area contributed by atoms with E-state index in [4.69, 9.17) is 4.74 Å². The fourth-order valence-electron chi connectivity index (χ4n) is 3.29. The van der Waals surface area contributed by atoms with E-state index in [1.807, 2.05) is 13.1 Å². The van der Waals surface area contributed by atoms with E-state index < -0.39 is 0 Å². The molecule has 24 heavy (non-hydrogen) atoms. The molecule has 6 heteroatoms. The maximum absolute atomic E-state index is 5.73. The summed E-state index contributed by atoms with van der Waals surface area (Å²) < 4.78 is 7.84. The Kier molecular flexibility index (Phi) is 5.58. The highest BCUT2D eigenvalue weighted by Crippen LogP contribution is 2.18. The van der Waals surface area contributed by atoms with Gasteiger partial charge in [0.15, 0.2) is 0 Å². The largest absolute Gasteiger partial charge is 0.378 e. The van der Waals surface area contributed by atoms with Crippen LogP contribution in [0.15, 0.2) is 24.7 Å². The molecule has 0 saturated carbocycles. The second-order valence-electron chi connectivity index (χ2n) is 6.69. The Morgan fingerprint density at radius 1 is 1.25 bits per heavy atom.